The lowest BCUT2D eigenvalue weighted by molar-refractivity contribution is -0.126. The van der Waals surface area contributed by atoms with Crippen molar-refractivity contribution in [2.24, 2.45) is 0 Å². The summed E-state index contributed by atoms with van der Waals surface area (Å²) in [4.78, 5) is 20.9. The molecule has 0 N–H and O–H groups in total. The first-order valence-electron chi connectivity index (χ1n) is 7.19. The third-order valence-corrected chi connectivity index (χ3v) is 4.79. The molecule has 106 valence electrons. The van der Waals surface area contributed by atoms with Crippen LogP contribution in [0.1, 0.15) is 24.9 Å². The van der Waals surface area contributed by atoms with Crippen LogP contribution < -0.4 is 9.80 Å². The minimum absolute atomic E-state index is 0.173. The molecule has 1 aromatic heterocycles. The maximum atomic E-state index is 12.7. The Labute approximate surface area is 124 Å². The third kappa shape index (κ3) is 1.50. The molecule has 1 fully saturated rings. The molecule has 0 radical (unpaired) electrons. The van der Waals surface area contributed by atoms with Gasteiger partial charge in [0, 0.05) is 25.9 Å². The highest BCUT2D eigenvalue weighted by atomic mass is 16.2. The van der Waals surface area contributed by atoms with Gasteiger partial charge in [-0.1, -0.05) is 12.1 Å². The molecule has 0 spiro atoms. The molecule has 2 aliphatic heterocycles. The normalized spacial score (nSPS) is 27.0. The number of carbonyl (C=O) groups excluding carboxylic acids is 1. The number of carbonyl (C=O) groups is 1. The van der Waals surface area contributed by atoms with E-state index in [0.29, 0.717) is 0 Å². The number of amides is 1. The van der Waals surface area contributed by atoms with Gasteiger partial charge in [0.15, 0.2) is 0 Å². The van der Waals surface area contributed by atoms with Crippen molar-refractivity contribution in [2.75, 3.05) is 16.8 Å². The van der Waals surface area contributed by atoms with Crippen LogP contribution in [0.25, 0.3) is 0 Å². The second-order valence-corrected chi connectivity index (χ2v) is 6.00. The molecular weight excluding hydrogens is 262 g/mol. The van der Waals surface area contributed by atoms with E-state index in [-0.39, 0.29) is 11.9 Å². The zero-order valence-electron chi connectivity index (χ0n) is 12.2. The number of likely N-dealkylation sites (N-methyl/N-ethyl adjacent to an activating group) is 1. The van der Waals surface area contributed by atoms with Gasteiger partial charge in [-0.25, -0.2) is 0 Å². The van der Waals surface area contributed by atoms with Crippen molar-refractivity contribution in [2.45, 2.75) is 24.9 Å². The SMILES string of the molecule is CN1C(=O)C2(C)CC(c3ccncc3)N2c2ccccc21. The Hall–Kier alpha value is -2.36. The van der Waals surface area contributed by atoms with Crippen LogP contribution in [0.3, 0.4) is 0 Å². The summed E-state index contributed by atoms with van der Waals surface area (Å²) in [5, 5.41) is 0. The van der Waals surface area contributed by atoms with Gasteiger partial charge in [-0.05, 0) is 36.8 Å². The number of hydrogen-bond donors (Lipinski definition) is 0. The van der Waals surface area contributed by atoms with Gasteiger partial charge >= 0.3 is 0 Å². The summed E-state index contributed by atoms with van der Waals surface area (Å²) < 4.78 is 0. The largest absolute Gasteiger partial charge is 0.348 e. The Bertz CT molecular complexity index is 715. The molecule has 0 saturated carbocycles. The molecule has 2 atom stereocenters. The summed E-state index contributed by atoms with van der Waals surface area (Å²) in [5.41, 5.74) is 2.90. The monoisotopic (exact) mass is 279 g/mol. The van der Waals surface area contributed by atoms with Gasteiger partial charge in [0.1, 0.15) is 5.54 Å². The lowest BCUT2D eigenvalue weighted by Gasteiger charge is -2.61. The molecule has 2 aromatic rings. The van der Waals surface area contributed by atoms with E-state index in [4.69, 9.17) is 0 Å². The Balaban J connectivity index is 1.85. The molecule has 1 saturated heterocycles. The third-order valence-electron chi connectivity index (χ3n) is 4.79. The molecule has 4 nitrogen and oxygen atoms in total. The van der Waals surface area contributed by atoms with Gasteiger partial charge in [0.2, 0.25) is 0 Å². The number of aromatic nitrogens is 1. The predicted octanol–water partition coefficient (Wildman–Crippen LogP) is 2.77. The fourth-order valence-electron chi connectivity index (χ4n) is 3.70. The molecule has 1 aromatic carbocycles. The number of rotatable bonds is 1. The average molecular weight is 279 g/mol. The minimum Gasteiger partial charge on any atom is -0.348 e. The van der Waals surface area contributed by atoms with Gasteiger partial charge in [0.25, 0.3) is 5.91 Å². The van der Waals surface area contributed by atoms with Gasteiger partial charge in [-0.3, -0.25) is 9.78 Å². The van der Waals surface area contributed by atoms with Gasteiger partial charge in [-0.2, -0.15) is 0 Å². The molecule has 0 bridgehead atoms. The van der Waals surface area contributed by atoms with Crippen LogP contribution in [0, 0.1) is 0 Å². The lowest BCUT2D eigenvalue weighted by Crippen LogP contribution is -2.70. The Morgan fingerprint density at radius 1 is 1.14 bits per heavy atom. The fourth-order valence-corrected chi connectivity index (χ4v) is 3.70. The van der Waals surface area contributed by atoms with E-state index < -0.39 is 5.54 Å². The number of benzene rings is 1. The van der Waals surface area contributed by atoms with Gasteiger partial charge < -0.3 is 9.80 Å². The smallest absolute Gasteiger partial charge is 0.252 e. The highest BCUT2D eigenvalue weighted by Gasteiger charge is 2.58. The summed E-state index contributed by atoms with van der Waals surface area (Å²) >= 11 is 0. The Morgan fingerprint density at radius 2 is 1.81 bits per heavy atom. The van der Waals surface area contributed by atoms with Crippen molar-refractivity contribution >= 4 is 17.3 Å². The number of hydrogen-bond acceptors (Lipinski definition) is 3. The van der Waals surface area contributed by atoms with E-state index in [1.165, 1.54) is 5.56 Å². The van der Waals surface area contributed by atoms with E-state index >= 15 is 0 Å². The zero-order chi connectivity index (χ0) is 14.6. The topological polar surface area (TPSA) is 36.4 Å². The second kappa shape index (κ2) is 4.07. The van der Waals surface area contributed by atoms with Crippen LogP contribution in [0.5, 0.6) is 0 Å². The van der Waals surface area contributed by atoms with Crippen molar-refractivity contribution in [3.05, 3.63) is 54.4 Å². The van der Waals surface area contributed by atoms with Crippen molar-refractivity contribution < 1.29 is 4.79 Å². The van der Waals surface area contributed by atoms with Crippen molar-refractivity contribution in [1.29, 1.82) is 0 Å². The van der Waals surface area contributed by atoms with Crippen molar-refractivity contribution in [3.8, 4) is 0 Å². The van der Waals surface area contributed by atoms with Crippen molar-refractivity contribution in [3.63, 3.8) is 0 Å². The van der Waals surface area contributed by atoms with E-state index in [9.17, 15) is 4.79 Å². The standard InChI is InChI=1S/C17H17N3O/c1-17-11-15(12-7-9-18-10-8-12)20(17)14-6-4-3-5-13(14)19(2)16(17)21/h3-10,15H,11H2,1-2H3. The van der Waals surface area contributed by atoms with Crippen LogP contribution in [0.2, 0.25) is 0 Å². The van der Waals surface area contributed by atoms with E-state index in [1.54, 1.807) is 4.90 Å². The molecular formula is C17H17N3O. The van der Waals surface area contributed by atoms with Crippen LogP contribution >= 0.6 is 0 Å². The highest BCUT2D eigenvalue weighted by Crippen LogP contribution is 2.55. The minimum atomic E-state index is -0.433. The van der Waals surface area contributed by atoms with E-state index in [2.05, 4.69) is 16.0 Å². The summed E-state index contributed by atoms with van der Waals surface area (Å²) in [7, 11) is 1.86. The van der Waals surface area contributed by atoms with E-state index in [1.807, 2.05) is 56.7 Å². The maximum Gasteiger partial charge on any atom is 0.252 e. The molecule has 1 amide bonds. The summed E-state index contributed by atoms with van der Waals surface area (Å²) in [5.74, 6) is 0.173. The molecule has 2 unspecified atom stereocenters. The summed E-state index contributed by atoms with van der Waals surface area (Å²) in [6, 6.07) is 12.4. The first-order chi connectivity index (χ1) is 10.1. The lowest BCUT2D eigenvalue weighted by atomic mass is 9.73. The van der Waals surface area contributed by atoms with Gasteiger partial charge in [-0.15, -0.1) is 0 Å². The predicted molar refractivity (Wildman–Crippen MR) is 82.3 cm³/mol. The van der Waals surface area contributed by atoms with Crippen LogP contribution in [0.15, 0.2) is 48.8 Å². The fraction of sp³-hybridized carbons (Fsp3) is 0.294. The number of anilines is 2. The molecule has 2 aliphatic rings. The number of para-hydroxylation sites is 2. The van der Waals surface area contributed by atoms with Crippen molar-refractivity contribution in [1.82, 2.24) is 4.98 Å². The highest BCUT2D eigenvalue weighted by molar-refractivity contribution is 6.09. The number of nitrogens with zero attached hydrogens (tertiary/aromatic N) is 3. The van der Waals surface area contributed by atoms with Crippen LogP contribution in [-0.4, -0.2) is 23.5 Å². The number of pyridine rings is 1. The van der Waals surface area contributed by atoms with Gasteiger partial charge in [0.05, 0.1) is 17.4 Å². The molecule has 3 heterocycles. The summed E-state index contributed by atoms with van der Waals surface area (Å²) in [6.07, 6.45) is 4.47. The molecule has 21 heavy (non-hydrogen) atoms. The van der Waals surface area contributed by atoms with Crippen LogP contribution in [-0.2, 0) is 4.79 Å². The average Bonchev–Trinajstić information content (AvgIpc) is 2.51. The maximum absolute atomic E-state index is 12.7. The van der Waals surface area contributed by atoms with Crippen LogP contribution in [0.4, 0.5) is 11.4 Å². The first-order valence-corrected chi connectivity index (χ1v) is 7.19. The molecule has 4 heteroatoms. The molecule has 4 rings (SSSR count). The first kappa shape index (κ1) is 12.4. The zero-order valence-corrected chi connectivity index (χ0v) is 12.2. The summed E-state index contributed by atoms with van der Waals surface area (Å²) in [6.45, 7) is 2.04. The second-order valence-electron chi connectivity index (χ2n) is 6.00. The quantitative estimate of drug-likeness (QED) is 0.805. The Kier molecular flexibility index (Phi) is 2.40. The molecule has 0 aliphatic carbocycles. The Morgan fingerprint density at radius 3 is 2.52 bits per heavy atom. The van der Waals surface area contributed by atoms with E-state index in [0.717, 1.165) is 17.8 Å². The number of fused-ring (bicyclic) bond motifs is 3.